The molecule has 1 nitrogen and oxygen atoms in total. The monoisotopic (exact) mass is 556 g/mol. The zero-order valence-electron chi connectivity index (χ0n) is 23.2. The van der Waals surface area contributed by atoms with Crippen LogP contribution in [-0.4, -0.2) is 0 Å². The molecule has 0 spiro atoms. The third-order valence-corrected chi connectivity index (χ3v) is 11.7. The van der Waals surface area contributed by atoms with Crippen LogP contribution in [0.25, 0.3) is 54.9 Å². The Balaban J connectivity index is 1.60. The number of fused-ring (bicyclic) bond motifs is 7. The molecule has 7 aromatic rings. The molecule has 0 aliphatic carbocycles. The van der Waals surface area contributed by atoms with Crippen LogP contribution in [0.3, 0.4) is 0 Å². The van der Waals surface area contributed by atoms with Crippen molar-refractivity contribution < 1.29 is 4.57 Å². The van der Waals surface area contributed by atoms with Crippen LogP contribution in [0.2, 0.25) is 0 Å². The van der Waals surface area contributed by atoms with Gasteiger partial charge in [0, 0.05) is 17.6 Å². The number of hydrogen-bond acceptors (Lipinski definition) is 1. The van der Waals surface area contributed by atoms with Crippen LogP contribution < -0.4 is 5.30 Å². The van der Waals surface area contributed by atoms with Crippen LogP contribution in [0.5, 0.6) is 0 Å². The molecular formula is C40H29OP. The van der Waals surface area contributed by atoms with E-state index in [0.29, 0.717) is 12.3 Å². The highest BCUT2D eigenvalue weighted by Crippen LogP contribution is 2.60. The average Bonchev–Trinajstić information content (AvgIpc) is 3.20. The highest BCUT2D eigenvalue weighted by atomic mass is 31.2. The summed E-state index contributed by atoms with van der Waals surface area (Å²) in [6.45, 7) is 0. The average molecular weight is 557 g/mol. The van der Waals surface area contributed by atoms with E-state index in [1.807, 2.05) is 18.2 Å². The molecule has 0 saturated carbocycles. The van der Waals surface area contributed by atoms with Gasteiger partial charge >= 0.3 is 0 Å². The van der Waals surface area contributed by atoms with Crippen LogP contribution in [-0.2, 0) is 16.9 Å². The summed E-state index contributed by atoms with van der Waals surface area (Å²) in [4.78, 5) is 0. The molecular weight excluding hydrogens is 527 g/mol. The van der Waals surface area contributed by atoms with E-state index in [-0.39, 0.29) is 0 Å². The fourth-order valence-corrected chi connectivity index (χ4v) is 9.75. The first-order valence-electron chi connectivity index (χ1n) is 14.5. The van der Waals surface area contributed by atoms with Crippen molar-refractivity contribution in [1.82, 2.24) is 0 Å². The fourth-order valence-electron chi connectivity index (χ4n) is 6.88. The van der Waals surface area contributed by atoms with E-state index in [1.165, 1.54) is 54.9 Å². The molecule has 200 valence electrons. The lowest BCUT2D eigenvalue weighted by molar-refractivity contribution is 0.580. The van der Waals surface area contributed by atoms with Crippen molar-refractivity contribution in [2.75, 3.05) is 0 Å². The summed E-state index contributed by atoms with van der Waals surface area (Å²) >= 11 is 0. The molecule has 1 heterocycles. The van der Waals surface area contributed by atoms with Crippen molar-refractivity contribution in [3.63, 3.8) is 0 Å². The zero-order valence-corrected chi connectivity index (χ0v) is 24.1. The lowest BCUT2D eigenvalue weighted by Gasteiger charge is -2.21. The molecule has 42 heavy (non-hydrogen) atoms. The van der Waals surface area contributed by atoms with Gasteiger partial charge < -0.3 is 4.57 Å². The molecule has 0 fully saturated rings. The Morgan fingerprint density at radius 2 is 0.810 bits per heavy atom. The summed E-state index contributed by atoms with van der Waals surface area (Å²) in [5.41, 5.74) is 9.47. The second-order valence-corrected chi connectivity index (χ2v) is 14.2. The largest absolute Gasteiger partial charge is 0.318 e. The smallest absolute Gasteiger partial charge is 0.124 e. The predicted octanol–water partition coefficient (Wildman–Crippen LogP) is 10.7. The summed E-state index contributed by atoms with van der Waals surface area (Å²) in [5, 5.41) is 5.78. The molecule has 2 heteroatoms. The normalized spacial score (nSPS) is 13.8. The molecule has 8 rings (SSSR count). The first kappa shape index (κ1) is 25.0. The Morgan fingerprint density at radius 1 is 0.429 bits per heavy atom. The maximum atomic E-state index is 15.6. The van der Waals surface area contributed by atoms with Gasteiger partial charge in [0.25, 0.3) is 0 Å². The minimum absolute atomic E-state index is 0.513. The summed E-state index contributed by atoms with van der Waals surface area (Å²) in [6.07, 6.45) is 1.03. The van der Waals surface area contributed by atoms with Gasteiger partial charge in [-0.2, -0.15) is 0 Å². The van der Waals surface area contributed by atoms with Crippen molar-refractivity contribution in [2.45, 2.75) is 12.3 Å². The first-order valence-corrected chi connectivity index (χ1v) is 16.6. The second kappa shape index (κ2) is 9.98. The van der Waals surface area contributed by atoms with Gasteiger partial charge in [-0.25, -0.2) is 0 Å². The summed E-state index contributed by atoms with van der Waals surface area (Å²) in [6, 6.07) is 53.5. The molecule has 0 unspecified atom stereocenters. The van der Waals surface area contributed by atoms with E-state index in [0.717, 1.165) is 16.4 Å². The van der Waals surface area contributed by atoms with E-state index in [9.17, 15) is 0 Å². The summed E-state index contributed by atoms with van der Waals surface area (Å²) in [7, 11) is -2.92. The Hall–Kier alpha value is -4.71. The van der Waals surface area contributed by atoms with Gasteiger partial charge in [0.1, 0.15) is 7.14 Å². The molecule has 1 aliphatic heterocycles. The molecule has 0 saturated heterocycles. The molecule has 7 aromatic carbocycles. The molecule has 0 radical (unpaired) electrons. The lowest BCUT2D eigenvalue weighted by Crippen LogP contribution is -2.08. The SMILES string of the molecule is O=P1(c2ccccc2)Cc2c(-c3ccccc3)cc3ccccc3c2-c2c(c(-c3ccccc3)cc3ccccc23)C1. The predicted molar refractivity (Wildman–Crippen MR) is 179 cm³/mol. The van der Waals surface area contributed by atoms with Crippen molar-refractivity contribution >= 4 is 34.0 Å². The van der Waals surface area contributed by atoms with Crippen LogP contribution in [0.15, 0.2) is 152 Å². The van der Waals surface area contributed by atoms with Crippen LogP contribution >= 0.6 is 7.14 Å². The minimum atomic E-state index is -2.92. The maximum absolute atomic E-state index is 15.6. The second-order valence-electron chi connectivity index (χ2n) is 11.3. The van der Waals surface area contributed by atoms with E-state index in [1.54, 1.807) is 0 Å². The summed E-state index contributed by atoms with van der Waals surface area (Å²) < 4.78 is 15.6. The van der Waals surface area contributed by atoms with Crippen LogP contribution in [0.4, 0.5) is 0 Å². The Labute approximate surface area is 246 Å². The Bertz CT molecular complexity index is 2010. The van der Waals surface area contributed by atoms with E-state index < -0.39 is 7.14 Å². The minimum Gasteiger partial charge on any atom is -0.318 e. The quantitative estimate of drug-likeness (QED) is 0.198. The number of benzene rings is 7. The van der Waals surface area contributed by atoms with Crippen molar-refractivity contribution in [1.29, 1.82) is 0 Å². The topological polar surface area (TPSA) is 17.1 Å². The third-order valence-electron chi connectivity index (χ3n) is 8.79. The summed E-state index contributed by atoms with van der Waals surface area (Å²) in [5.74, 6) is 0. The molecule has 0 atom stereocenters. The van der Waals surface area contributed by atoms with Crippen LogP contribution in [0, 0.1) is 0 Å². The van der Waals surface area contributed by atoms with Gasteiger partial charge in [-0.15, -0.1) is 0 Å². The first-order chi connectivity index (χ1) is 20.7. The van der Waals surface area contributed by atoms with Gasteiger partial charge in [-0.3, -0.25) is 0 Å². The van der Waals surface area contributed by atoms with Crippen molar-refractivity contribution in [2.24, 2.45) is 0 Å². The van der Waals surface area contributed by atoms with Crippen LogP contribution in [0.1, 0.15) is 11.1 Å². The fraction of sp³-hybridized carbons (Fsp3) is 0.0500. The Morgan fingerprint density at radius 3 is 1.26 bits per heavy atom. The zero-order chi connectivity index (χ0) is 28.1. The van der Waals surface area contributed by atoms with E-state index in [4.69, 9.17) is 0 Å². The molecule has 0 amide bonds. The van der Waals surface area contributed by atoms with E-state index >= 15 is 4.57 Å². The highest BCUT2D eigenvalue weighted by molar-refractivity contribution is 7.70. The van der Waals surface area contributed by atoms with Gasteiger partial charge in [0.15, 0.2) is 0 Å². The molecule has 0 bridgehead atoms. The van der Waals surface area contributed by atoms with Gasteiger partial charge in [0.2, 0.25) is 0 Å². The third kappa shape index (κ3) is 4.04. The number of hydrogen-bond donors (Lipinski definition) is 0. The molecule has 0 aromatic heterocycles. The van der Waals surface area contributed by atoms with Gasteiger partial charge in [-0.1, -0.05) is 140 Å². The molecule has 1 aliphatic rings. The highest BCUT2D eigenvalue weighted by Gasteiger charge is 2.36. The lowest BCUT2D eigenvalue weighted by atomic mass is 9.82. The standard InChI is InChI=1S/C40H29OP/c41-42(32-20-8-3-9-21-32)26-37-35(28-14-4-1-5-15-28)24-30-18-10-12-22-33(30)39(37)40-34-23-13-11-19-31(34)25-36(38(40)27-42)29-16-6-2-7-17-29/h1-25H,26-27H2. The van der Waals surface area contributed by atoms with Gasteiger partial charge in [0.05, 0.1) is 0 Å². The maximum Gasteiger partial charge on any atom is 0.124 e. The number of rotatable bonds is 3. The van der Waals surface area contributed by atoms with Crippen molar-refractivity contribution in [3.8, 4) is 33.4 Å². The van der Waals surface area contributed by atoms with E-state index in [2.05, 4.69) is 133 Å². The van der Waals surface area contributed by atoms with Gasteiger partial charge in [-0.05, 0) is 78.2 Å². The van der Waals surface area contributed by atoms with Crippen molar-refractivity contribution in [3.05, 3.63) is 163 Å². The Kier molecular flexibility index (Phi) is 5.95. The molecule has 0 N–H and O–H groups in total.